The van der Waals surface area contributed by atoms with Crippen molar-refractivity contribution >= 4 is 17.4 Å². The molecule has 2 aliphatic heterocycles. The van der Waals surface area contributed by atoms with Crippen LogP contribution in [0.2, 0.25) is 0 Å². The molecule has 0 radical (unpaired) electrons. The van der Waals surface area contributed by atoms with E-state index in [2.05, 4.69) is 18.8 Å². The molecule has 0 unspecified atom stereocenters. The summed E-state index contributed by atoms with van der Waals surface area (Å²) in [5.74, 6) is -0.355. The Kier molecular flexibility index (Phi) is 5.89. The molecule has 1 saturated heterocycles. The van der Waals surface area contributed by atoms with Gasteiger partial charge in [0.1, 0.15) is 17.6 Å². The van der Waals surface area contributed by atoms with E-state index in [1.807, 2.05) is 49.4 Å². The van der Waals surface area contributed by atoms with Gasteiger partial charge in [0.05, 0.1) is 11.6 Å². The fraction of sp³-hybridized carbons (Fsp3) is 0.276. The third-order valence-corrected chi connectivity index (χ3v) is 6.70. The van der Waals surface area contributed by atoms with E-state index in [4.69, 9.17) is 4.74 Å². The van der Waals surface area contributed by atoms with Crippen molar-refractivity contribution in [3.8, 4) is 5.75 Å². The highest BCUT2D eigenvalue weighted by Gasteiger charge is 2.46. The highest BCUT2D eigenvalue weighted by atomic mass is 16.5. The van der Waals surface area contributed by atoms with Crippen molar-refractivity contribution in [2.75, 3.05) is 0 Å². The fourth-order valence-corrected chi connectivity index (χ4v) is 4.87. The minimum Gasteiger partial charge on any atom is -0.507 e. The van der Waals surface area contributed by atoms with Crippen molar-refractivity contribution < 1.29 is 19.4 Å². The normalized spacial score (nSPS) is 20.9. The summed E-state index contributed by atoms with van der Waals surface area (Å²) in [7, 11) is 0. The van der Waals surface area contributed by atoms with Gasteiger partial charge in [-0.3, -0.25) is 14.6 Å². The number of likely N-dealkylation sites (tertiary alicyclic amines) is 1. The number of Topliss-reactive ketones (excluding diaryl/α,β-unsaturated/α-hetero) is 1. The van der Waals surface area contributed by atoms with E-state index in [0.29, 0.717) is 11.5 Å². The molecule has 35 heavy (non-hydrogen) atoms. The van der Waals surface area contributed by atoms with Crippen LogP contribution in [0.25, 0.3) is 5.76 Å². The molecule has 1 N–H and O–H groups in total. The van der Waals surface area contributed by atoms with Crippen LogP contribution in [-0.2, 0) is 22.6 Å². The Labute approximate surface area is 204 Å². The zero-order valence-electron chi connectivity index (χ0n) is 20.1. The molecule has 5 rings (SSSR count). The second-order valence-electron chi connectivity index (χ2n) is 9.56. The number of hydrogen-bond acceptors (Lipinski definition) is 5. The predicted octanol–water partition coefficient (Wildman–Crippen LogP) is 5.15. The van der Waals surface area contributed by atoms with Crippen LogP contribution < -0.4 is 4.74 Å². The van der Waals surface area contributed by atoms with Crippen molar-refractivity contribution in [2.45, 2.75) is 51.8 Å². The number of pyridine rings is 1. The standard InChI is InChI=1S/C29H28N2O4/c1-17(2)20-6-8-21(9-7-20)26-25(27(32)22-10-11-24-23(14-22)13-18(3)35-24)28(33)29(34)31(26)16-19-5-4-12-30-15-19/h4-12,14-15,17-18,26,32H,13,16H2,1-3H3/t18-,26-/m1/s1. The van der Waals surface area contributed by atoms with Crippen LogP contribution >= 0.6 is 0 Å². The third kappa shape index (κ3) is 4.20. The van der Waals surface area contributed by atoms with Crippen LogP contribution in [0.1, 0.15) is 60.5 Å². The summed E-state index contributed by atoms with van der Waals surface area (Å²) in [4.78, 5) is 32.2. The molecule has 0 saturated carbocycles. The number of aliphatic hydroxyl groups is 1. The zero-order valence-corrected chi connectivity index (χ0v) is 20.1. The summed E-state index contributed by atoms with van der Waals surface area (Å²) in [5.41, 5.74) is 4.32. The number of ether oxygens (including phenoxy) is 1. The number of benzene rings is 2. The third-order valence-electron chi connectivity index (χ3n) is 6.70. The maximum absolute atomic E-state index is 13.3. The lowest BCUT2D eigenvalue weighted by Gasteiger charge is -2.25. The average Bonchev–Trinajstić information content (AvgIpc) is 3.35. The minimum absolute atomic E-state index is 0.0620. The SMILES string of the molecule is CC(C)c1ccc([C@@H]2C(=C(O)c3ccc4c(c3)C[C@@H](C)O4)C(=O)C(=O)N2Cc2cccnc2)cc1. The Morgan fingerprint density at radius 3 is 2.60 bits per heavy atom. The van der Waals surface area contributed by atoms with E-state index in [1.54, 1.807) is 24.5 Å². The summed E-state index contributed by atoms with van der Waals surface area (Å²) in [6, 6.07) is 16.3. The first kappa shape index (κ1) is 22.8. The quantitative estimate of drug-likeness (QED) is 0.318. The summed E-state index contributed by atoms with van der Waals surface area (Å²) in [5, 5.41) is 11.4. The Morgan fingerprint density at radius 2 is 1.91 bits per heavy atom. The van der Waals surface area contributed by atoms with Crippen LogP contribution in [-0.4, -0.2) is 32.8 Å². The molecule has 2 atom stereocenters. The Balaban J connectivity index is 1.62. The molecule has 0 spiro atoms. The van der Waals surface area contributed by atoms with Gasteiger partial charge in [-0.1, -0.05) is 44.2 Å². The molecule has 178 valence electrons. The molecule has 6 nitrogen and oxygen atoms in total. The second-order valence-corrected chi connectivity index (χ2v) is 9.56. The summed E-state index contributed by atoms with van der Waals surface area (Å²) < 4.78 is 5.78. The molecule has 3 aromatic rings. The lowest BCUT2D eigenvalue weighted by atomic mass is 9.92. The zero-order chi connectivity index (χ0) is 24.7. The van der Waals surface area contributed by atoms with Gasteiger partial charge in [-0.2, -0.15) is 0 Å². The van der Waals surface area contributed by atoms with Crippen molar-refractivity contribution in [3.05, 3.63) is 100 Å². The topological polar surface area (TPSA) is 79.7 Å². The molecule has 2 aliphatic rings. The smallest absolute Gasteiger partial charge is 0.295 e. The van der Waals surface area contributed by atoms with Crippen LogP contribution in [0, 0.1) is 0 Å². The first-order chi connectivity index (χ1) is 16.8. The van der Waals surface area contributed by atoms with Gasteiger partial charge < -0.3 is 14.7 Å². The molecule has 0 bridgehead atoms. The van der Waals surface area contributed by atoms with E-state index >= 15 is 0 Å². The Hall–Kier alpha value is -3.93. The van der Waals surface area contributed by atoms with Crippen molar-refractivity contribution in [2.24, 2.45) is 0 Å². The maximum Gasteiger partial charge on any atom is 0.295 e. The van der Waals surface area contributed by atoms with Crippen molar-refractivity contribution in [3.63, 3.8) is 0 Å². The van der Waals surface area contributed by atoms with E-state index in [0.717, 1.165) is 34.4 Å². The van der Waals surface area contributed by atoms with Crippen LogP contribution in [0.3, 0.4) is 0 Å². The van der Waals surface area contributed by atoms with Gasteiger partial charge in [0.2, 0.25) is 0 Å². The molecule has 0 aliphatic carbocycles. The van der Waals surface area contributed by atoms with Gasteiger partial charge >= 0.3 is 0 Å². The van der Waals surface area contributed by atoms with E-state index in [9.17, 15) is 14.7 Å². The molecular weight excluding hydrogens is 440 g/mol. The number of carbonyl (C=O) groups is 2. The van der Waals surface area contributed by atoms with E-state index < -0.39 is 17.7 Å². The number of rotatable bonds is 5. The Morgan fingerprint density at radius 1 is 1.14 bits per heavy atom. The van der Waals surface area contributed by atoms with Crippen LogP contribution in [0.5, 0.6) is 5.75 Å². The molecule has 2 aromatic carbocycles. The first-order valence-corrected chi connectivity index (χ1v) is 11.9. The minimum atomic E-state index is -0.708. The predicted molar refractivity (Wildman–Crippen MR) is 133 cm³/mol. The second kappa shape index (κ2) is 9.02. The first-order valence-electron chi connectivity index (χ1n) is 11.9. The summed E-state index contributed by atoms with van der Waals surface area (Å²) in [6.45, 7) is 6.43. The summed E-state index contributed by atoms with van der Waals surface area (Å²) in [6.07, 6.45) is 4.14. The highest BCUT2D eigenvalue weighted by molar-refractivity contribution is 6.46. The molecular formula is C29H28N2O4. The van der Waals surface area contributed by atoms with Gasteiger partial charge in [0, 0.05) is 30.9 Å². The van der Waals surface area contributed by atoms with E-state index in [-0.39, 0.29) is 24.0 Å². The van der Waals surface area contributed by atoms with Gasteiger partial charge in [0.25, 0.3) is 11.7 Å². The van der Waals surface area contributed by atoms with Crippen LogP contribution in [0.15, 0.2) is 72.6 Å². The van der Waals surface area contributed by atoms with Gasteiger partial charge in [-0.15, -0.1) is 0 Å². The number of amides is 1. The number of fused-ring (bicyclic) bond motifs is 1. The lowest BCUT2D eigenvalue weighted by molar-refractivity contribution is -0.140. The van der Waals surface area contributed by atoms with Crippen molar-refractivity contribution in [1.29, 1.82) is 0 Å². The van der Waals surface area contributed by atoms with E-state index in [1.165, 1.54) is 4.90 Å². The largest absolute Gasteiger partial charge is 0.507 e. The number of aliphatic hydroxyl groups excluding tert-OH is 1. The number of ketones is 1. The number of hydrogen-bond donors (Lipinski definition) is 1. The monoisotopic (exact) mass is 468 g/mol. The molecule has 1 amide bonds. The van der Waals surface area contributed by atoms with Gasteiger partial charge in [-0.25, -0.2) is 0 Å². The lowest BCUT2D eigenvalue weighted by Crippen LogP contribution is -2.29. The molecule has 6 heteroatoms. The highest BCUT2D eigenvalue weighted by Crippen LogP contribution is 2.41. The fourth-order valence-electron chi connectivity index (χ4n) is 4.87. The van der Waals surface area contributed by atoms with Crippen molar-refractivity contribution in [1.82, 2.24) is 9.88 Å². The number of carbonyl (C=O) groups excluding carboxylic acids is 2. The summed E-state index contributed by atoms with van der Waals surface area (Å²) >= 11 is 0. The Bertz CT molecular complexity index is 1310. The van der Waals surface area contributed by atoms with Gasteiger partial charge in [0.15, 0.2) is 0 Å². The maximum atomic E-state index is 13.3. The number of aromatic nitrogens is 1. The average molecular weight is 469 g/mol. The molecule has 3 heterocycles. The van der Waals surface area contributed by atoms with Gasteiger partial charge in [-0.05, 0) is 59.4 Å². The molecule has 1 fully saturated rings. The molecule has 1 aromatic heterocycles. The van der Waals surface area contributed by atoms with Crippen LogP contribution in [0.4, 0.5) is 0 Å². The number of nitrogens with zero attached hydrogens (tertiary/aromatic N) is 2.